The number of ether oxygens (including phenoxy) is 1. The highest BCUT2D eigenvalue weighted by molar-refractivity contribution is 5.43. The molecule has 0 unspecified atom stereocenters. The second-order valence-corrected chi connectivity index (χ2v) is 4.13. The molecule has 0 aliphatic rings. The van der Waals surface area contributed by atoms with Crippen LogP contribution in [-0.2, 0) is 5.41 Å². The van der Waals surface area contributed by atoms with E-state index in [0.717, 1.165) is 11.3 Å². The molecule has 1 aromatic carbocycles. The number of rotatable bonds is 1. The molecule has 1 aromatic rings. The van der Waals surface area contributed by atoms with Crippen molar-refractivity contribution < 1.29 is 9.84 Å². The smallest absolute Gasteiger partial charge is 0.122 e. The number of methoxy groups -OCH3 is 1. The molecule has 13 heavy (non-hydrogen) atoms. The van der Waals surface area contributed by atoms with Crippen LogP contribution in [0.4, 0.5) is 0 Å². The third kappa shape index (κ3) is 2.14. The molecule has 0 spiro atoms. The first-order valence-electron chi connectivity index (χ1n) is 4.32. The van der Waals surface area contributed by atoms with E-state index < -0.39 is 0 Å². The first-order valence-corrected chi connectivity index (χ1v) is 4.32. The number of benzene rings is 1. The van der Waals surface area contributed by atoms with Crippen LogP contribution in [0, 0.1) is 0 Å². The Morgan fingerprint density at radius 3 is 2.31 bits per heavy atom. The lowest BCUT2D eigenvalue weighted by atomic mass is 10.1. The predicted octanol–water partition coefficient (Wildman–Crippen LogP) is 2.70. The molecule has 1 rings (SSSR count). The molecule has 0 radical (unpaired) electrons. The number of hydrogen-bond donors (Lipinski definition) is 1. The summed E-state index contributed by atoms with van der Waals surface area (Å²) in [6.07, 6.45) is 0. The molecular weight excluding hydrogens is 170 g/mol. The van der Waals surface area contributed by atoms with E-state index in [1.165, 1.54) is 0 Å². The highest BCUT2D eigenvalue weighted by Gasteiger charge is 2.18. The monoisotopic (exact) mass is 186 g/mol. The van der Waals surface area contributed by atoms with Gasteiger partial charge in [-0.3, -0.25) is 0 Å². The Balaban J connectivity index is 3.24. The van der Waals surface area contributed by atoms with E-state index in [0.29, 0.717) is 0 Å². The van der Waals surface area contributed by atoms with Crippen LogP contribution in [0.15, 0.2) is 18.2 Å². The van der Waals surface area contributed by atoms with Crippen LogP contribution >= 0.6 is 0 Å². The summed E-state index contributed by atoms with van der Waals surface area (Å²) in [5.74, 6) is 1.11. The SMILES string of the molecule is CO[13c]1[13cH][13cH][13c](O)[13cH][13c]1C(C)(C)C. The number of aromatic hydroxyl groups is 1. The van der Waals surface area contributed by atoms with Crippen molar-refractivity contribution in [3.05, 3.63) is 23.8 Å². The minimum absolute atomic E-state index is 0.00984. The lowest BCUT2D eigenvalue weighted by molar-refractivity contribution is 0.394. The molecule has 1 N–H and O–H groups in total. The second kappa shape index (κ2) is 3.29. The molecule has 0 saturated carbocycles. The molecule has 0 aromatic heterocycles. The average molecular weight is 186 g/mol. The average Bonchev–Trinajstić information content (AvgIpc) is 2.03. The summed E-state index contributed by atoms with van der Waals surface area (Å²) in [6, 6.07) is 5.17. The fourth-order valence-corrected chi connectivity index (χ4v) is 1.28. The third-order valence-electron chi connectivity index (χ3n) is 1.99. The van der Waals surface area contributed by atoms with Gasteiger partial charge in [0, 0.05) is 5.56 Å². The van der Waals surface area contributed by atoms with Crippen molar-refractivity contribution >= 4 is 0 Å². The maximum atomic E-state index is 9.34. The van der Waals surface area contributed by atoms with Crippen LogP contribution in [0.5, 0.6) is 11.5 Å². The molecule has 0 atom stereocenters. The van der Waals surface area contributed by atoms with Gasteiger partial charge in [-0.2, -0.15) is 0 Å². The Bertz CT molecular complexity index is 297. The molecular formula is C11H16O2. The van der Waals surface area contributed by atoms with Crippen LogP contribution in [0.2, 0.25) is 0 Å². The zero-order chi connectivity index (χ0) is 10.1. The minimum atomic E-state index is -0.00984. The van der Waals surface area contributed by atoms with Gasteiger partial charge in [0.15, 0.2) is 0 Å². The lowest BCUT2D eigenvalue weighted by Gasteiger charge is -2.21. The van der Waals surface area contributed by atoms with Crippen LogP contribution in [0.25, 0.3) is 0 Å². The van der Waals surface area contributed by atoms with Crippen molar-refractivity contribution in [2.45, 2.75) is 26.2 Å². The fourth-order valence-electron chi connectivity index (χ4n) is 1.28. The maximum Gasteiger partial charge on any atom is 0.122 e. The molecule has 72 valence electrons. The predicted molar refractivity (Wildman–Crippen MR) is 53.4 cm³/mol. The van der Waals surface area contributed by atoms with Crippen molar-refractivity contribution in [2.24, 2.45) is 0 Å². The lowest BCUT2D eigenvalue weighted by Crippen LogP contribution is -2.12. The Morgan fingerprint density at radius 2 is 1.85 bits per heavy atom. The summed E-state index contributed by atoms with van der Waals surface area (Å²) < 4.78 is 5.22. The quantitative estimate of drug-likeness (QED) is 0.730. The standard InChI is InChI=1S/C11H16O2/c1-11(2,3)9-7-8(12)5-6-10(9)13-4/h5-7,12H,1-4H3/i5+1,6+1,7+1,8+1,9+1,10+1. The second-order valence-electron chi connectivity index (χ2n) is 4.13. The minimum Gasteiger partial charge on any atom is -0.508 e. The zero-order valence-electron chi connectivity index (χ0n) is 8.59. The first-order chi connectivity index (χ1) is 5.95. The number of phenolic OH excluding ortho intramolecular Hbond substituents is 1. The van der Waals surface area contributed by atoms with Gasteiger partial charge in [-0.05, 0) is 23.6 Å². The van der Waals surface area contributed by atoms with E-state index >= 15 is 0 Å². The van der Waals surface area contributed by atoms with Gasteiger partial charge in [0.2, 0.25) is 0 Å². The Kier molecular flexibility index (Phi) is 2.50. The molecule has 0 aliphatic carbocycles. The van der Waals surface area contributed by atoms with Gasteiger partial charge >= 0.3 is 0 Å². The fraction of sp³-hybridized carbons (Fsp3) is 0.455. The van der Waals surface area contributed by atoms with Crippen molar-refractivity contribution in [3.8, 4) is 11.5 Å². The molecule has 2 heteroatoms. The van der Waals surface area contributed by atoms with E-state index in [1.54, 1.807) is 25.3 Å². The van der Waals surface area contributed by atoms with Gasteiger partial charge in [0.05, 0.1) is 7.11 Å². The van der Waals surface area contributed by atoms with Crippen LogP contribution in [-0.4, -0.2) is 12.2 Å². The number of hydrogen-bond acceptors (Lipinski definition) is 2. The van der Waals surface area contributed by atoms with Crippen molar-refractivity contribution in [1.29, 1.82) is 0 Å². The summed E-state index contributed by atoms with van der Waals surface area (Å²) in [6.45, 7) is 6.26. The van der Waals surface area contributed by atoms with Gasteiger partial charge in [-0.1, -0.05) is 20.8 Å². The van der Waals surface area contributed by atoms with E-state index in [2.05, 4.69) is 20.8 Å². The molecule has 0 heterocycles. The van der Waals surface area contributed by atoms with Gasteiger partial charge < -0.3 is 9.84 Å². The van der Waals surface area contributed by atoms with Crippen LogP contribution in [0.1, 0.15) is 26.3 Å². The molecule has 0 saturated heterocycles. The van der Waals surface area contributed by atoms with Gasteiger partial charge in [-0.15, -0.1) is 0 Å². The van der Waals surface area contributed by atoms with Crippen LogP contribution in [0.3, 0.4) is 0 Å². The topological polar surface area (TPSA) is 29.5 Å². The Morgan fingerprint density at radius 1 is 1.23 bits per heavy atom. The van der Waals surface area contributed by atoms with Crippen molar-refractivity contribution in [3.63, 3.8) is 0 Å². The summed E-state index contributed by atoms with van der Waals surface area (Å²) in [7, 11) is 1.64. The molecule has 0 fully saturated rings. The van der Waals surface area contributed by atoms with E-state index in [1.807, 2.05) is 0 Å². The Hall–Kier alpha value is -1.18. The van der Waals surface area contributed by atoms with Gasteiger partial charge in [-0.25, -0.2) is 0 Å². The Labute approximate surface area is 79.2 Å². The van der Waals surface area contributed by atoms with E-state index in [-0.39, 0.29) is 11.2 Å². The van der Waals surface area contributed by atoms with Crippen molar-refractivity contribution in [2.75, 3.05) is 7.11 Å². The molecule has 2 nitrogen and oxygen atoms in total. The summed E-state index contributed by atoms with van der Waals surface area (Å²) in [5.41, 5.74) is 1.01. The molecule has 0 amide bonds. The van der Waals surface area contributed by atoms with Crippen LogP contribution < -0.4 is 4.74 Å². The first kappa shape index (κ1) is 9.90. The maximum absolute atomic E-state index is 9.34. The normalized spacial score (nSPS) is 11.4. The molecule has 0 aliphatic heterocycles. The van der Waals surface area contributed by atoms with Gasteiger partial charge in [0.1, 0.15) is 11.5 Å². The van der Waals surface area contributed by atoms with Crippen molar-refractivity contribution in [1.82, 2.24) is 0 Å². The highest BCUT2D eigenvalue weighted by Crippen LogP contribution is 2.33. The summed E-state index contributed by atoms with van der Waals surface area (Å²) in [5, 5.41) is 9.34. The highest BCUT2D eigenvalue weighted by atomic mass is 16.5. The largest absolute Gasteiger partial charge is 0.508 e. The van der Waals surface area contributed by atoms with E-state index in [4.69, 9.17) is 4.74 Å². The molecule has 0 bridgehead atoms. The number of phenols is 1. The van der Waals surface area contributed by atoms with Gasteiger partial charge in [0.25, 0.3) is 0 Å². The third-order valence-corrected chi connectivity index (χ3v) is 1.99. The summed E-state index contributed by atoms with van der Waals surface area (Å²) >= 11 is 0. The van der Waals surface area contributed by atoms with E-state index in [9.17, 15) is 5.11 Å². The zero-order valence-corrected chi connectivity index (χ0v) is 8.59. The summed E-state index contributed by atoms with van der Waals surface area (Å²) in [4.78, 5) is 0.